The van der Waals surface area contributed by atoms with E-state index in [0.717, 1.165) is 35.0 Å². The number of carbonyl (C=O) groups is 1. The van der Waals surface area contributed by atoms with Gasteiger partial charge in [0.25, 0.3) is 0 Å². The van der Waals surface area contributed by atoms with Crippen LogP contribution in [-0.4, -0.2) is 13.0 Å². The van der Waals surface area contributed by atoms with Crippen molar-refractivity contribution in [2.75, 3.05) is 7.05 Å². The number of rotatable bonds is 1. The molecule has 0 saturated heterocycles. The molecule has 0 aromatic carbocycles. The second-order valence-corrected chi connectivity index (χ2v) is 9.08. The molecule has 0 radical (unpaired) electrons. The molecule has 0 heterocycles. The van der Waals surface area contributed by atoms with Gasteiger partial charge in [0, 0.05) is 13.5 Å². The molecule has 0 aromatic rings. The van der Waals surface area contributed by atoms with E-state index in [-0.39, 0.29) is 5.91 Å². The normalized spacial score (nSPS) is 40.0. The number of nitrogens with one attached hydrogen (secondary N) is 1. The zero-order valence-corrected chi connectivity index (χ0v) is 18.1. The first-order valence-electron chi connectivity index (χ1n) is 11.4. The van der Waals surface area contributed by atoms with Gasteiger partial charge in [-0.25, -0.2) is 0 Å². The van der Waals surface area contributed by atoms with Gasteiger partial charge in [-0.05, 0) is 80.0 Å². The lowest BCUT2D eigenvalue weighted by atomic mass is 9.50. The van der Waals surface area contributed by atoms with Gasteiger partial charge < -0.3 is 5.32 Å². The fourth-order valence-electron chi connectivity index (χ4n) is 6.78. The summed E-state index contributed by atoms with van der Waals surface area (Å²) in [4.78, 5) is 10.1. The standard InChI is InChI=1S/C18H28.C4H9NO.C2H6/c1-12-4-3-5-16-15(12)8-9-18-10-13(2)14(11-18)6-7-17(16)18;1-3-4(6)5-2;1-2/h12,14-17H,2-11H2,1H3;3H2,1-2H3,(H,5,6);1-2H3/t12-,14+,15?,16?,17?,18+;;/m0../s1. The Hall–Kier alpha value is -0.790. The van der Waals surface area contributed by atoms with Gasteiger partial charge in [-0.1, -0.05) is 52.7 Å². The van der Waals surface area contributed by atoms with Crippen LogP contribution in [0.3, 0.4) is 0 Å². The van der Waals surface area contributed by atoms with Crippen molar-refractivity contribution in [3.05, 3.63) is 12.2 Å². The van der Waals surface area contributed by atoms with Crippen molar-refractivity contribution in [1.82, 2.24) is 5.32 Å². The minimum atomic E-state index is 0.0926. The first-order valence-corrected chi connectivity index (χ1v) is 11.4. The fourth-order valence-corrected chi connectivity index (χ4v) is 6.78. The van der Waals surface area contributed by atoms with Crippen molar-refractivity contribution in [3.8, 4) is 0 Å². The fraction of sp³-hybridized carbons (Fsp3) is 0.875. The van der Waals surface area contributed by atoms with Gasteiger partial charge in [-0.15, -0.1) is 0 Å². The van der Waals surface area contributed by atoms with Gasteiger partial charge in [0.2, 0.25) is 5.91 Å². The van der Waals surface area contributed by atoms with Crippen molar-refractivity contribution >= 4 is 5.91 Å². The molecule has 4 saturated carbocycles. The predicted molar refractivity (Wildman–Crippen MR) is 112 cm³/mol. The lowest BCUT2D eigenvalue weighted by Gasteiger charge is -2.55. The van der Waals surface area contributed by atoms with E-state index in [1.165, 1.54) is 38.5 Å². The van der Waals surface area contributed by atoms with Crippen LogP contribution < -0.4 is 5.32 Å². The number of amides is 1. The lowest BCUT2D eigenvalue weighted by molar-refractivity contribution is -0.120. The highest BCUT2D eigenvalue weighted by molar-refractivity contribution is 5.74. The molecular weight excluding hydrogens is 318 g/mol. The van der Waals surface area contributed by atoms with Crippen molar-refractivity contribution < 1.29 is 4.79 Å². The highest BCUT2D eigenvalue weighted by atomic mass is 16.1. The van der Waals surface area contributed by atoms with Gasteiger partial charge in [0.1, 0.15) is 0 Å². The Kier molecular flexibility index (Phi) is 7.79. The molecule has 2 bridgehead atoms. The molecule has 4 fully saturated rings. The van der Waals surface area contributed by atoms with Crippen LogP contribution in [0.2, 0.25) is 0 Å². The Balaban J connectivity index is 0.000000262. The minimum absolute atomic E-state index is 0.0926. The maximum absolute atomic E-state index is 10.1. The Labute approximate surface area is 162 Å². The summed E-state index contributed by atoms with van der Waals surface area (Å²) in [6.07, 6.45) is 14.2. The molecule has 150 valence electrons. The SMILES string of the molecule is C=C1C[C@@]23CCC4C(CCC[C@@H]4C)C2CC[C@@H]1C3.CC.CCC(=O)NC. The third-order valence-electron chi connectivity index (χ3n) is 7.99. The Morgan fingerprint density at radius 1 is 1.15 bits per heavy atom. The summed E-state index contributed by atoms with van der Waals surface area (Å²) in [6.45, 7) is 12.8. The molecule has 0 aromatic heterocycles. The van der Waals surface area contributed by atoms with Gasteiger partial charge in [-0.2, -0.15) is 0 Å². The summed E-state index contributed by atoms with van der Waals surface area (Å²) in [5.74, 6) is 5.28. The summed E-state index contributed by atoms with van der Waals surface area (Å²) in [5.41, 5.74) is 2.36. The summed E-state index contributed by atoms with van der Waals surface area (Å²) >= 11 is 0. The van der Waals surface area contributed by atoms with E-state index in [4.69, 9.17) is 0 Å². The number of carbonyl (C=O) groups excluding carboxylic acids is 1. The molecular formula is C24H43NO. The summed E-state index contributed by atoms with van der Waals surface area (Å²) in [5, 5.41) is 2.48. The molecule has 3 unspecified atom stereocenters. The molecule has 4 aliphatic rings. The Morgan fingerprint density at radius 3 is 2.50 bits per heavy atom. The first-order chi connectivity index (χ1) is 12.5. The first kappa shape index (κ1) is 21.5. The van der Waals surface area contributed by atoms with E-state index in [0.29, 0.717) is 6.42 Å². The zero-order chi connectivity index (χ0) is 19.3. The molecule has 2 nitrogen and oxygen atoms in total. The van der Waals surface area contributed by atoms with Crippen LogP contribution in [0.4, 0.5) is 0 Å². The van der Waals surface area contributed by atoms with E-state index in [1.807, 2.05) is 20.8 Å². The summed E-state index contributed by atoms with van der Waals surface area (Å²) in [7, 11) is 1.63. The van der Waals surface area contributed by atoms with Crippen LogP contribution in [0.25, 0.3) is 0 Å². The maximum Gasteiger partial charge on any atom is 0.219 e. The van der Waals surface area contributed by atoms with Crippen LogP contribution in [0.1, 0.15) is 91.9 Å². The molecule has 1 amide bonds. The van der Waals surface area contributed by atoms with E-state index in [1.54, 1.807) is 31.9 Å². The zero-order valence-electron chi connectivity index (χ0n) is 18.1. The number of allylic oxidation sites excluding steroid dienone is 1. The van der Waals surface area contributed by atoms with Crippen LogP contribution in [0, 0.1) is 35.0 Å². The Morgan fingerprint density at radius 2 is 1.88 bits per heavy atom. The van der Waals surface area contributed by atoms with Crippen LogP contribution in [0.5, 0.6) is 0 Å². The third kappa shape index (κ3) is 4.20. The molecule has 4 rings (SSSR count). The summed E-state index contributed by atoms with van der Waals surface area (Å²) < 4.78 is 0. The smallest absolute Gasteiger partial charge is 0.219 e. The molecule has 1 spiro atoms. The van der Waals surface area contributed by atoms with Crippen molar-refractivity contribution in [2.45, 2.75) is 91.9 Å². The highest BCUT2D eigenvalue weighted by Gasteiger charge is 2.56. The second-order valence-electron chi connectivity index (χ2n) is 9.08. The lowest BCUT2D eigenvalue weighted by Crippen LogP contribution is -2.46. The van der Waals surface area contributed by atoms with E-state index in [9.17, 15) is 4.79 Å². The number of fused-ring (bicyclic) bond motifs is 3. The maximum atomic E-state index is 10.1. The Bertz CT molecular complexity index is 479. The third-order valence-corrected chi connectivity index (χ3v) is 7.99. The largest absolute Gasteiger partial charge is 0.359 e. The van der Waals surface area contributed by atoms with Gasteiger partial charge >= 0.3 is 0 Å². The van der Waals surface area contributed by atoms with Crippen LogP contribution in [0.15, 0.2) is 12.2 Å². The molecule has 6 atom stereocenters. The number of hydrogen-bond donors (Lipinski definition) is 1. The molecule has 0 aliphatic heterocycles. The topological polar surface area (TPSA) is 29.1 Å². The van der Waals surface area contributed by atoms with Gasteiger partial charge in [-0.3, -0.25) is 4.79 Å². The van der Waals surface area contributed by atoms with Gasteiger partial charge in [0.05, 0.1) is 0 Å². The molecule has 26 heavy (non-hydrogen) atoms. The van der Waals surface area contributed by atoms with Crippen molar-refractivity contribution in [1.29, 1.82) is 0 Å². The van der Waals surface area contributed by atoms with E-state index >= 15 is 0 Å². The molecule has 2 heteroatoms. The van der Waals surface area contributed by atoms with Crippen molar-refractivity contribution in [2.24, 2.45) is 35.0 Å². The van der Waals surface area contributed by atoms with E-state index in [2.05, 4.69) is 18.8 Å². The molecule has 4 aliphatic carbocycles. The second kappa shape index (κ2) is 9.42. The van der Waals surface area contributed by atoms with E-state index < -0.39 is 0 Å². The predicted octanol–water partition coefficient (Wildman–Crippen LogP) is 6.36. The average molecular weight is 362 g/mol. The van der Waals surface area contributed by atoms with Crippen LogP contribution >= 0.6 is 0 Å². The average Bonchev–Trinajstić information content (AvgIpc) is 2.91. The number of hydrogen-bond acceptors (Lipinski definition) is 1. The quantitative estimate of drug-likeness (QED) is 0.541. The summed E-state index contributed by atoms with van der Waals surface area (Å²) in [6, 6.07) is 0. The minimum Gasteiger partial charge on any atom is -0.359 e. The van der Waals surface area contributed by atoms with Gasteiger partial charge in [0.15, 0.2) is 0 Å². The molecule has 1 N–H and O–H groups in total. The van der Waals surface area contributed by atoms with Crippen molar-refractivity contribution in [3.63, 3.8) is 0 Å². The monoisotopic (exact) mass is 361 g/mol. The van der Waals surface area contributed by atoms with Crippen LogP contribution in [-0.2, 0) is 4.79 Å². The highest BCUT2D eigenvalue weighted by Crippen LogP contribution is 2.66.